The highest BCUT2D eigenvalue weighted by Crippen LogP contribution is 2.20. The lowest BCUT2D eigenvalue weighted by Crippen LogP contribution is -2.07. The molecule has 2 radical (unpaired) electrons. The number of hydrogen-bond acceptors (Lipinski definition) is 2. The molecule has 0 unspecified atom stereocenters. The quantitative estimate of drug-likeness (QED) is 0.592. The van der Waals surface area contributed by atoms with Gasteiger partial charge in [0.2, 0.25) is 0 Å². The van der Waals surface area contributed by atoms with Crippen LogP contribution >= 0.6 is 0 Å². The molecule has 3 N–H and O–H groups in total. The minimum absolute atomic E-state index is 0.265. The molecule has 0 aliphatic rings. The maximum absolute atomic E-state index is 9.21. The number of phenolic OH excluding ortho intramolecular Hbond substituents is 1. The van der Waals surface area contributed by atoms with Crippen LogP contribution < -0.4 is 5.23 Å². The predicted octanol–water partition coefficient (Wildman–Crippen LogP) is 1.05. The smallest absolute Gasteiger partial charge is 0.178 e. The van der Waals surface area contributed by atoms with E-state index in [1.54, 1.807) is 12.1 Å². The average Bonchev–Trinajstić information content (AvgIpc) is 2.46. The van der Waals surface area contributed by atoms with Gasteiger partial charge in [0.15, 0.2) is 7.98 Å². The van der Waals surface area contributed by atoms with Crippen molar-refractivity contribution in [1.82, 2.24) is 10.2 Å². The third kappa shape index (κ3) is 1.53. The number of phenols is 1. The van der Waals surface area contributed by atoms with Gasteiger partial charge in [-0.2, -0.15) is 0 Å². The Bertz CT molecular complexity index is 424. The molecule has 2 rings (SSSR count). The standard InChI is InChI=1S/C9H9BN2O/c10-11-5-7-3-6-1-2-8(13)4-9(6)12-7/h1-4,11-13H,5H2. The van der Waals surface area contributed by atoms with E-state index >= 15 is 0 Å². The van der Waals surface area contributed by atoms with Crippen molar-refractivity contribution in [2.24, 2.45) is 0 Å². The summed E-state index contributed by atoms with van der Waals surface area (Å²) in [4.78, 5) is 3.13. The fourth-order valence-electron chi connectivity index (χ4n) is 1.38. The molecule has 1 aromatic carbocycles. The third-order valence-corrected chi connectivity index (χ3v) is 1.95. The summed E-state index contributed by atoms with van der Waals surface area (Å²) in [7, 11) is 5.19. The van der Waals surface area contributed by atoms with Gasteiger partial charge in [-0.05, 0) is 23.6 Å². The zero-order chi connectivity index (χ0) is 9.26. The fraction of sp³-hybridized carbons (Fsp3) is 0.111. The normalized spacial score (nSPS) is 10.8. The Labute approximate surface area is 77.2 Å². The summed E-state index contributed by atoms with van der Waals surface area (Å²) in [5.74, 6) is 0.265. The van der Waals surface area contributed by atoms with Gasteiger partial charge in [0.1, 0.15) is 5.75 Å². The molecule has 0 saturated carbocycles. The Morgan fingerprint density at radius 2 is 2.23 bits per heavy atom. The van der Waals surface area contributed by atoms with Crippen LogP contribution in [0, 0.1) is 0 Å². The molecule has 0 fully saturated rings. The molecule has 0 aliphatic heterocycles. The van der Waals surface area contributed by atoms with Crippen LogP contribution in [0.5, 0.6) is 5.75 Å². The molecule has 13 heavy (non-hydrogen) atoms. The first-order valence-corrected chi connectivity index (χ1v) is 4.03. The maximum Gasteiger partial charge on any atom is 0.178 e. The van der Waals surface area contributed by atoms with Crippen LogP contribution in [0.15, 0.2) is 24.3 Å². The molecule has 3 nitrogen and oxygen atoms in total. The lowest BCUT2D eigenvalue weighted by atomic mass is 10.2. The molecular weight excluding hydrogens is 163 g/mol. The van der Waals surface area contributed by atoms with Gasteiger partial charge < -0.3 is 15.3 Å². The molecule has 0 bridgehead atoms. The highest BCUT2D eigenvalue weighted by Gasteiger charge is 1.99. The highest BCUT2D eigenvalue weighted by molar-refractivity contribution is 6.04. The molecule has 0 spiro atoms. The van der Waals surface area contributed by atoms with E-state index in [1.807, 2.05) is 12.1 Å². The van der Waals surface area contributed by atoms with E-state index in [9.17, 15) is 5.11 Å². The molecule has 0 atom stereocenters. The van der Waals surface area contributed by atoms with Gasteiger partial charge in [-0.1, -0.05) is 0 Å². The number of aromatic amines is 1. The van der Waals surface area contributed by atoms with Crippen molar-refractivity contribution < 1.29 is 5.11 Å². The Morgan fingerprint density at radius 1 is 1.38 bits per heavy atom. The lowest BCUT2D eigenvalue weighted by molar-refractivity contribution is 0.476. The largest absolute Gasteiger partial charge is 0.508 e. The van der Waals surface area contributed by atoms with Crippen molar-refractivity contribution in [3.8, 4) is 5.75 Å². The monoisotopic (exact) mass is 172 g/mol. The van der Waals surface area contributed by atoms with Crippen LogP contribution in [0.2, 0.25) is 0 Å². The number of H-pyrrole nitrogens is 1. The Kier molecular flexibility index (Phi) is 1.98. The van der Waals surface area contributed by atoms with Crippen molar-refractivity contribution >= 4 is 18.9 Å². The van der Waals surface area contributed by atoms with Crippen molar-refractivity contribution in [2.45, 2.75) is 6.54 Å². The number of hydrogen-bond donors (Lipinski definition) is 3. The van der Waals surface area contributed by atoms with E-state index in [2.05, 4.69) is 10.2 Å². The number of rotatable bonds is 2. The fourth-order valence-corrected chi connectivity index (χ4v) is 1.38. The second-order valence-corrected chi connectivity index (χ2v) is 2.95. The first kappa shape index (κ1) is 8.20. The molecule has 2 aromatic rings. The summed E-state index contributed by atoms with van der Waals surface area (Å²) in [5.41, 5.74) is 1.92. The zero-order valence-corrected chi connectivity index (χ0v) is 7.04. The zero-order valence-electron chi connectivity index (χ0n) is 7.04. The van der Waals surface area contributed by atoms with Crippen molar-refractivity contribution in [3.05, 3.63) is 30.0 Å². The maximum atomic E-state index is 9.21. The van der Waals surface area contributed by atoms with Gasteiger partial charge in [-0.3, -0.25) is 0 Å². The van der Waals surface area contributed by atoms with E-state index in [0.29, 0.717) is 6.54 Å². The molecule has 4 heteroatoms. The van der Waals surface area contributed by atoms with Crippen molar-refractivity contribution in [3.63, 3.8) is 0 Å². The van der Waals surface area contributed by atoms with Crippen LogP contribution in [0.3, 0.4) is 0 Å². The molecule has 64 valence electrons. The number of aromatic hydroxyl groups is 1. The Hall–Kier alpha value is -1.42. The lowest BCUT2D eigenvalue weighted by Gasteiger charge is -1.92. The minimum Gasteiger partial charge on any atom is -0.508 e. The SMILES string of the molecule is [B]NCc1cc2ccc(O)cc2[nH]1. The Morgan fingerprint density at radius 3 is 3.00 bits per heavy atom. The van der Waals surface area contributed by atoms with Crippen LogP contribution in [0.4, 0.5) is 0 Å². The topological polar surface area (TPSA) is 48.0 Å². The van der Waals surface area contributed by atoms with Crippen LogP contribution in [-0.2, 0) is 6.54 Å². The van der Waals surface area contributed by atoms with Crippen LogP contribution in [-0.4, -0.2) is 18.1 Å². The Balaban J connectivity index is 2.49. The van der Waals surface area contributed by atoms with Gasteiger partial charge in [0.25, 0.3) is 0 Å². The van der Waals surface area contributed by atoms with Gasteiger partial charge >= 0.3 is 0 Å². The number of fused-ring (bicyclic) bond motifs is 1. The number of aromatic nitrogens is 1. The highest BCUT2D eigenvalue weighted by atomic mass is 16.3. The average molecular weight is 172 g/mol. The van der Waals surface area contributed by atoms with E-state index < -0.39 is 0 Å². The van der Waals surface area contributed by atoms with E-state index in [-0.39, 0.29) is 5.75 Å². The van der Waals surface area contributed by atoms with Crippen LogP contribution in [0.1, 0.15) is 5.69 Å². The van der Waals surface area contributed by atoms with Gasteiger partial charge in [0, 0.05) is 23.8 Å². The molecular formula is C9H9BN2O. The summed E-state index contributed by atoms with van der Waals surface area (Å²) in [5, 5.41) is 12.8. The first-order chi connectivity index (χ1) is 6.29. The first-order valence-electron chi connectivity index (χ1n) is 4.03. The third-order valence-electron chi connectivity index (χ3n) is 1.95. The van der Waals surface area contributed by atoms with E-state index in [1.165, 1.54) is 0 Å². The van der Waals surface area contributed by atoms with E-state index in [0.717, 1.165) is 16.6 Å². The van der Waals surface area contributed by atoms with Crippen molar-refractivity contribution in [2.75, 3.05) is 0 Å². The van der Waals surface area contributed by atoms with Gasteiger partial charge in [-0.15, -0.1) is 0 Å². The summed E-state index contributed by atoms with van der Waals surface area (Å²) < 4.78 is 0. The molecule has 0 amide bonds. The molecule has 0 aliphatic carbocycles. The number of benzene rings is 1. The summed E-state index contributed by atoms with van der Waals surface area (Å²) in [6, 6.07) is 7.21. The van der Waals surface area contributed by atoms with Gasteiger partial charge in [0.05, 0.1) is 0 Å². The number of nitrogens with one attached hydrogen (secondary N) is 2. The summed E-state index contributed by atoms with van der Waals surface area (Å²) in [6.07, 6.45) is 0. The van der Waals surface area contributed by atoms with E-state index in [4.69, 9.17) is 7.98 Å². The van der Waals surface area contributed by atoms with Gasteiger partial charge in [-0.25, -0.2) is 0 Å². The second-order valence-electron chi connectivity index (χ2n) is 2.95. The molecule has 0 saturated heterocycles. The molecule has 1 heterocycles. The van der Waals surface area contributed by atoms with Crippen LogP contribution in [0.25, 0.3) is 10.9 Å². The summed E-state index contributed by atoms with van der Waals surface area (Å²) >= 11 is 0. The summed E-state index contributed by atoms with van der Waals surface area (Å²) in [6.45, 7) is 0.593. The minimum atomic E-state index is 0.265. The molecule has 1 aromatic heterocycles. The second kappa shape index (κ2) is 3.14. The predicted molar refractivity (Wildman–Crippen MR) is 52.6 cm³/mol. The van der Waals surface area contributed by atoms with Crippen molar-refractivity contribution in [1.29, 1.82) is 0 Å².